The monoisotopic (exact) mass is 459 g/mol. The van der Waals surface area contributed by atoms with Crippen molar-refractivity contribution in [3.8, 4) is 0 Å². The second-order valence-corrected chi connectivity index (χ2v) is 12.8. The van der Waals surface area contributed by atoms with Crippen LogP contribution in [0.3, 0.4) is 0 Å². The van der Waals surface area contributed by atoms with Crippen molar-refractivity contribution in [2.75, 3.05) is 32.9 Å². The predicted octanol–water partition coefficient (Wildman–Crippen LogP) is 0.453. The van der Waals surface area contributed by atoms with Crippen molar-refractivity contribution in [2.24, 2.45) is 0 Å². The van der Waals surface area contributed by atoms with E-state index in [1.807, 2.05) is 0 Å². The van der Waals surface area contributed by atoms with Gasteiger partial charge >= 0.3 is 0 Å². The van der Waals surface area contributed by atoms with Crippen LogP contribution >= 0.6 is 0 Å². The molecular formula is C20H34INOSi. The summed E-state index contributed by atoms with van der Waals surface area (Å²) >= 11 is 0. The molecule has 24 heavy (non-hydrogen) atoms. The minimum atomic E-state index is -1.82. The number of hydrogen-bond acceptors (Lipinski definition) is 1. The second kappa shape index (κ2) is 9.15. The Hall–Kier alpha value is 0.0869. The predicted molar refractivity (Wildman–Crippen MR) is 101 cm³/mol. The third kappa shape index (κ3) is 4.43. The summed E-state index contributed by atoms with van der Waals surface area (Å²) in [7, 11) is 0.621. The fourth-order valence-electron chi connectivity index (χ4n) is 5.10. The van der Waals surface area contributed by atoms with Gasteiger partial charge < -0.3 is 33.6 Å². The number of hydrogen-bond donors (Lipinski definition) is 1. The molecule has 0 spiro atoms. The van der Waals surface area contributed by atoms with Gasteiger partial charge in [-0.1, -0.05) is 67.6 Å². The second-order valence-electron chi connectivity index (χ2n) is 8.26. The Morgan fingerprint density at radius 2 is 1.62 bits per heavy atom. The summed E-state index contributed by atoms with van der Waals surface area (Å²) in [6.45, 7) is 3.96. The highest BCUT2D eigenvalue weighted by atomic mass is 127. The van der Waals surface area contributed by atoms with E-state index in [-0.39, 0.29) is 24.0 Å². The SMILES string of the molecule is C[N+]1(CC[Si@](CO)(c2ccccc2)C2CCCCC2)CCCC1.[I-]. The first-order valence-corrected chi connectivity index (χ1v) is 12.2. The third-order valence-electron chi connectivity index (χ3n) is 6.76. The van der Waals surface area contributed by atoms with E-state index in [9.17, 15) is 5.11 Å². The van der Waals surface area contributed by atoms with Gasteiger partial charge in [-0.25, -0.2) is 0 Å². The molecule has 1 aliphatic heterocycles. The number of likely N-dealkylation sites (tertiary alicyclic amines) is 1. The maximum atomic E-state index is 10.6. The molecule has 1 aliphatic carbocycles. The van der Waals surface area contributed by atoms with Crippen LogP contribution in [0.15, 0.2) is 30.3 Å². The molecule has 2 nitrogen and oxygen atoms in total. The lowest BCUT2D eigenvalue weighted by Crippen LogP contribution is -3.00. The molecule has 0 unspecified atom stereocenters. The molecule has 1 saturated carbocycles. The zero-order valence-corrected chi connectivity index (χ0v) is 18.4. The van der Waals surface area contributed by atoms with Gasteiger partial charge in [0.2, 0.25) is 0 Å². The number of benzene rings is 1. The molecule has 0 radical (unpaired) electrons. The summed E-state index contributed by atoms with van der Waals surface area (Å²) in [6, 6.07) is 12.4. The lowest BCUT2D eigenvalue weighted by Gasteiger charge is -2.42. The van der Waals surface area contributed by atoms with Crippen LogP contribution in [-0.4, -0.2) is 50.6 Å². The quantitative estimate of drug-likeness (QED) is 0.372. The molecule has 136 valence electrons. The summed E-state index contributed by atoms with van der Waals surface area (Å²) < 4.78 is 1.24. The van der Waals surface area contributed by atoms with E-state index < -0.39 is 8.07 Å². The Labute approximate surface area is 166 Å². The molecule has 1 heterocycles. The van der Waals surface area contributed by atoms with Gasteiger partial charge in [0, 0.05) is 19.1 Å². The van der Waals surface area contributed by atoms with Crippen molar-refractivity contribution >= 4 is 13.3 Å². The van der Waals surface area contributed by atoms with Crippen LogP contribution in [0.5, 0.6) is 0 Å². The topological polar surface area (TPSA) is 20.2 Å². The zero-order valence-electron chi connectivity index (χ0n) is 15.2. The fraction of sp³-hybridized carbons (Fsp3) is 0.700. The van der Waals surface area contributed by atoms with E-state index in [4.69, 9.17) is 0 Å². The fourth-order valence-corrected chi connectivity index (χ4v) is 10.2. The highest BCUT2D eigenvalue weighted by Gasteiger charge is 2.44. The van der Waals surface area contributed by atoms with Crippen LogP contribution in [0, 0.1) is 0 Å². The van der Waals surface area contributed by atoms with Crippen LogP contribution in [0.2, 0.25) is 11.6 Å². The third-order valence-corrected chi connectivity index (χ3v) is 12.1. The lowest BCUT2D eigenvalue weighted by atomic mass is 10.0. The number of aliphatic hydroxyl groups excluding tert-OH is 1. The Balaban J connectivity index is 0.00000208. The Bertz CT molecular complexity index is 486. The van der Waals surface area contributed by atoms with Crippen LogP contribution < -0.4 is 29.2 Å². The molecule has 4 heteroatoms. The molecule has 2 aliphatic rings. The number of halogens is 1. The summed E-state index contributed by atoms with van der Waals surface area (Å²) in [4.78, 5) is 0. The molecule has 0 bridgehead atoms. The van der Waals surface area contributed by atoms with E-state index in [0.717, 1.165) is 5.54 Å². The molecular weight excluding hydrogens is 425 g/mol. The number of nitrogens with zero attached hydrogens (tertiary/aromatic N) is 1. The van der Waals surface area contributed by atoms with Crippen molar-refractivity contribution in [1.82, 2.24) is 0 Å². The van der Waals surface area contributed by atoms with Gasteiger partial charge in [0.25, 0.3) is 0 Å². The van der Waals surface area contributed by atoms with Gasteiger partial charge in [-0.05, 0) is 11.6 Å². The van der Waals surface area contributed by atoms with Crippen LogP contribution in [0.4, 0.5) is 0 Å². The highest BCUT2D eigenvalue weighted by molar-refractivity contribution is 6.93. The minimum absolute atomic E-state index is 0. The standard InChI is InChI=1S/C20H34NOSi.HI/c1-21(14-8-9-15-21)16-17-23(18-22,19-10-4-2-5-11-19)20-12-6-3-7-13-20;/h2,4-5,10-11,20,22H,3,6-9,12-18H2,1H3;1H/q+1;/p-1/t23-;/m0./s1. The maximum Gasteiger partial charge on any atom is 0.123 e. The van der Waals surface area contributed by atoms with Gasteiger partial charge in [0.15, 0.2) is 0 Å². The first kappa shape index (κ1) is 20.4. The van der Waals surface area contributed by atoms with Crippen LogP contribution in [0.25, 0.3) is 0 Å². The largest absolute Gasteiger partial charge is 1.00 e. The van der Waals surface area contributed by atoms with Crippen molar-refractivity contribution in [2.45, 2.75) is 56.5 Å². The van der Waals surface area contributed by atoms with Gasteiger partial charge in [-0.3, -0.25) is 0 Å². The summed E-state index contributed by atoms with van der Waals surface area (Å²) in [6.07, 6.45) is 10.1. The van der Waals surface area contributed by atoms with E-state index in [1.165, 1.54) is 80.3 Å². The van der Waals surface area contributed by atoms with Gasteiger partial charge in [0.05, 0.1) is 26.7 Å². The highest BCUT2D eigenvalue weighted by Crippen LogP contribution is 2.39. The van der Waals surface area contributed by atoms with Crippen molar-refractivity contribution in [1.29, 1.82) is 0 Å². The molecule has 0 amide bonds. The number of quaternary nitrogens is 1. The first-order chi connectivity index (χ1) is 11.2. The van der Waals surface area contributed by atoms with Gasteiger partial charge in [-0.2, -0.15) is 0 Å². The minimum Gasteiger partial charge on any atom is -1.00 e. The molecule has 1 N–H and O–H groups in total. The smallest absolute Gasteiger partial charge is 0.123 e. The molecule has 2 fully saturated rings. The maximum absolute atomic E-state index is 10.6. The first-order valence-electron chi connectivity index (χ1n) is 9.69. The van der Waals surface area contributed by atoms with Gasteiger partial charge in [0.1, 0.15) is 8.07 Å². The Kier molecular flexibility index (Phi) is 7.78. The van der Waals surface area contributed by atoms with Crippen molar-refractivity contribution in [3.05, 3.63) is 30.3 Å². The lowest BCUT2D eigenvalue weighted by molar-refractivity contribution is -0.895. The molecule has 1 aromatic carbocycles. The van der Waals surface area contributed by atoms with Gasteiger partial charge in [-0.15, -0.1) is 0 Å². The molecule has 1 atom stereocenters. The van der Waals surface area contributed by atoms with E-state index in [1.54, 1.807) is 0 Å². The van der Waals surface area contributed by atoms with E-state index >= 15 is 0 Å². The normalized spacial score (nSPS) is 23.4. The molecule has 3 rings (SSSR count). The van der Waals surface area contributed by atoms with Crippen LogP contribution in [0.1, 0.15) is 44.9 Å². The van der Waals surface area contributed by atoms with E-state index in [2.05, 4.69) is 37.4 Å². The number of rotatable bonds is 6. The average molecular weight is 459 g/mol. The van der Waals surface area contributed by atoms with Crippen LogP contribution in [-0.2, 0) is 0 Å². The van der Waals surface area contributed by atoms with E-state index in [0.29, 0.717) is 6.23 Å². The molecule has 1 saturated heterocycles. The average Bonchev–Trinajstić information content (AvgIpc) is 3.05. The Morgan fingerprint density at radius 3 is 2.21 bits per heavy atom. The Morgan fingerprint density at radius 1 is 1.00 bits per heavy atom. The number of aliphatic hydroxyl groups is 1. The van der Waals surface area contributed by atoms with Crippen molar-refractivity contribution in [3.63, 3.8) is 0 Å². The van der Waals surface area contributed by atoms with Crippen molar-refractivity contribution < 1.29 is 33.6 Å². The summed E-state index contributed by atoms with van der Waals surface area (Å²) in [5, 5.41) is 12.1. The summed E-state index contributed by atoms with van der Waals surface area (Å²) in [5.41, 5.74) is 0.790. The molecule has 1 aromatic rings. The summed E-state index contributed by atoms with van der Waals surface area (Å²) in [5.74, 6) is 0. The molecule has 0 aromatic heterocycles. The zero-order chi connectivity index (χ0) is 16.2.